The van der Waals surface area contributed by atoms with E-state index in [0.717, 1.165) is 28.8 Å². The number of hydrogen-bond acceptors (Lipinski definition) is 3. The first kappa shape index (κ1) is 17.2. The van der Waals surface area contributed by atoms with Crippen LogP contribution in [-0.2, 0) is 17.8 Å². The standard InChI is InChI=1S/C22H21N3O2/c1-15-7-9-17(10-8-15)19-11-12-21(26)24(23-19)14-22(27)25-16(2)13-18-5-3-4-6-20(18)25/h3-12,16H,13-14H2,1-2H3. The fourth-order valence-corrected chi connectivity index (χ4v) is 3.59. The Morgan fingerprint density at radius 1 is 1.07 bits per heavy atom. The summed E-state index contributed by atoms with van der Waals surface area (Å²) in [6, 6.07) is 19.1. The molecule has 1 unspecified atom stereocenters. The molecule has 0 bridgehead atoms. The summed E-state index contributed by atoms with van der Waals surface area (Å²) in [5, 5.41) is 4.42. The Kier molecular flexibility index (Phi) is 4.36. The minimum absolute atomic E-state index is 0.0722. The molecule has 3 aromatic rings. The molecule has 5 nitrogen and oxygen atoms in total. The summed E-state index contributed by atoms with van der Waals surface area (Å²) in [7, 11) is 0. The molecule has 0 spiro atoms. The van der Waals surface area contributed by atoms with E-state index in [0.29, 0.717) is 5.69 Å². The smallest absolute Gasteiger partial charge is 0.267 e. The molecule has 0 N–H and O–H groups in total. The monoisotopic (exact) mass is 359 g/mol. The number of rotatable bonds is 3. The van der Waals surface area contributed by atoms with Crippen LogP contribution >= 0.6 is 0 Å². The Bertz CT molecular complexity index is 1050. The predicted molar refractivity (Wildman–Crippen MR) is 106 cm³/mol. The zero-order valence-corrected chi connectivity index (χ0v) is 15.4. The van der Waals surface area contributed by atoms with Crippen LogP contribution in [0, 0.1) is 6.92 Å². The Morgan fingerprint density at radius 2 is 1.81 bits per heavy atom. The summed E-state index contributed by atoms with van der Waals surface area (Å²) in [4.78, 5) is 27.0. The molecule has 1 amide bonds. The SMILES string of the molecule is Cc1ccc(-c2ccc(=O)n(CC(=O)N3c4ccccc4CC3C)n2)cc1. The topological polar surface area (TPSA) is 55.2 Å². The van der Waals surface area contributed by atoms with E-state index in [1.54, 1.807) is 11.0 Å². The van der Waals surface area contributed by atoms with Crippen molar-refractivity contribution in [3.63, 3.8) is 0 Å². The summed E-state index contributed by atoms with van der Waals surface area (Å²) >= 11 is 0. The fourth-order valence-electron chi connectivity index (χ4n) is 3.59. The molecule has 0 fully saturated rings. The highest BCUT2D eigenvalue weighted by molar-refractivity contribution is 5.96. The van der Waals surface area contributed by atoms with Crippen molar-refractivity contribution in [2.45, 2.75) is 32.9 Å². The maximum Gasteiger partial charge on any atom is 0.267 e. The van der Waals surface area contributed by atoms with Crippen LogP contribution in [0.1, 0.15) is 18.1 Å². The first-order chi connectivity index (χ1) is 13.0. The van der Waals surface area contributed by atoms with Crippen molar-refractivity contribution in [3.05, 3.63) is 82.1 Å². The van der Waals surface area contributed by atoms with Gasteiger partial charge in [-0.15, -0.1) is 0 Å². The van der Waals surface area contributed by atoms with Crippen molar-refractivity contribution in [2.75, 3.05) is 4.90 Å². The molecule has 2 aromatic carbocycles. The van der Waals surface area contributed by atoms with Crippen LogP contribution in [0.25, 0.3) is 11.3 Å². The second-order valence-electron chi connectivity index (χ2n) is 7.03. The maximum absolute atomic E-state index is 13.0. The maximum atomic E-state index is 13.0. The van der Waals surface area contributed by atoms with Crippen molar-refractivity contribution in [1.82, 2.24) is 9.78 Å². The van der Waals surface area contributed by atoms with Gasteiger partial charge in [-0.1, -0.05) is 48.0 Å². The molecule has 0 radical (unpaired) electrons. The number of hydrogen-bond donors (Lipinski definition) is 0. The highest BCUT2D eigenvalue weighted by Crippen LogP contribution is 2.31. The van der Waals surface area contributed by atoms with E-state index in [4.69, 9.17) is 0 Å². The second kappa shape index (κ2) is 6.83. The van der Waals surface area contributed by atoms with E-state index >= 15 is 0 Å². The lowest BCUT2D eigenvalue weighted by atomic mass is 10.1. The summed E-state index contributed by atoms with van der Waals surface area (Å²) < 4.78 is 1.26. The van der Waals surface area contributed by atoms with Crippen LogP contribution in [0.5, 0.6) is 0 Å². The molecule has 27 heavy (non-hydrogen) atoms. The molecule has 5 heteroatoms. The molecule has 4 rings (SSSR count). The van der Waals surface area contributed by atoms with Gasteiger partial charge in [0.25, 0.3) is 5.56 Å². The Labute approximate surface area is 157 Å². The number of fused-ring (bicyclic) bond motifs is 1. The van der Waals surface area contributed by atoms with Crippen molar-refractivity contribution in [3.8, 4) is 11.3 Å². The number of anilines is 1. The molecule has 0 aliphatic carbocycles. The molecule has 1 aliphatic heterocycles. The third-order valence-electron chi connectivity index (χ3n) is 4.97. The van der Waals surface area contributed by atoms with Gasteiger partial charge in [-0.25, -0.2) is 4.68 Å². The predicted octanol–water partition coefficient (Wildman–Crippen LogP) is 3.20. The van der Waals surface area contributed by atoms with Gasteiger partial charge in [0.1, 0.15) is 6.54 Å². The largest absolute Gasteiger partial charge is 0.307 e. The van der Waals surface area contributed by atoms with Gasteiger partial charge in [-0.2, -0.15) is 5.10 Å². The van der Waals surface area contributed by atoms with Gasteiger partial charge in [-0.05, 0) is 38.0 Å². The number of carbonyl (C=O) groups is 1. The van der Waals surface area contributed by atoms with Gasteiger partial charge in [0.05, 0.1) is 5.69 Å². The third-order valence-corrected chi connectivity index (χ3v) is 4.97. The van der Waals surface area contributed by atoms with E-state index < -0.39 is 0 Å². The van der Waals surface area contributed by atoms with E-state index in [1.165, 1.54) is 10.7 Å². The van der Waals surface area contributed by atoms with Crippen LogP contribution in [0.4, 0.5) is 5.69 Å². The van der Waals surface area contributed by atoms with E-state index in [1.807, 2.05) is 62.4 Å². The van der Waals surface area contributed by atoms with E-state index in [2.05, 4.69) is 5.10 Å². The summed E-state index contributed by atoms with van der Waals surface area (Å²) in [5.41, 5.74) is 4.56. The van der Waals surface area contributed by atoms with Gasteiger partial charge in [0.15, 0.2) is 0 Å². The van der Waals surface area contributed by atoms with E-state index in [-0.39, 0.29) is 24.1 Å². The molecular formula is C22H21N3O2. The minimum Gasteiger partial charge on any atom is -0.307 e. The quantitative estimate of drug-likeness (QED) is 0.722. The van der Waals surface area contributed by atoms with Crippen molar-refractivity contribution >= 4 is 11.6 Å². The molecule has 0 saturated carbocycles. The number of amides is 1. The Balaban J connectivity index is 1.63. The number of nitrogens with zero attached hydrogens (tertiary/aromatic N) is 3. The van der Waals surface area contributed by atoms with Crippen LogP contribution in [0.15, 0.2) is 65.5 Å². The van der Waals surface area contributed by atoms with Gasteiger partial charge in [0.2, 0.25) is 5.91 Å². The van der Waals surface area contributed by atoms with Crippen LogP contribution in [-0.4, -0.2) is 21.7 Å². The molecule has 136 valence electrons. The lowest BCUT2D eigenvalue weighted by molar-refractivity contribution is -0.119. The van der Waals surface area contributed by atoms with Crippen LogP contribution < -0.4 is 10.5 Å². The van der Waals surface area contributed by atoms with Crippen molar-refractivity contribution in [2.24, 2.45) is 0 Å². The average molecular weight is 359 g/mol. The first-order valence-electron chi connectivity index (χ1n) is 9.08. The lowest BCUT2D eigenvalue weighted by Crippen LogP contribution is -2.40. The Hall–Kier alpha value is -3.21. The molecule has 0 saturated heterocycles. The zero-order valence-electron chi connectivity index (χ0n) is 15.4. The summed E-state index contributed by atoms with van der Waals surface area (Å²) in [6.07, 6.45) is 0.827. The molecular weight excluding hydrogens is 338 g/mol. The summed E-state index contributed by atoms with van der Waals surface area (Å²) in [6.45, 7) is 3.97. The van der Waals surface area contributed by atoms with Gasteiger partial charge >= 0.3 is 0 Å². The minimum atomic E-state index is -0.278. The average Bonchev–Trinajstić information content (AvgIpc) is 3.00. The highest BCUT2D eigenvalue weighted by Gasteiger charge is 2.30. The van der Waals surface area contributed by atoms with Gasteiger partial charge in [-0.3, -0.25) is 9.59 Å². The molecule has 1 atom stereocenters. The fraction of sp³-hybridized carbons (Fsp3) is 0.227. The number of aryl methyl sites for hydroxylation is 1. The normalized spacial score (nSPS) is 15.6. The molecule has 1 aromatic heterocycles. The number of para-hydroxylation sites is 1. The second-order valence-corrected chi connectivity index (χ2v) is 7.03. The zero-order chi connectivity index (χ0) is 19.0. The lowest BCUT2D eigenvalue weighted by Gasteiger charge is -2.23. The molecule has 2 heterocycles. The number of carbonyl (C=O) groups excluding carboxylic acids is 1. The Morgan fingerprint density at radius 3 is 2.59 bits per heavy atom. The van der Waals surface area contributed by atoms with Crippen LogP contribution in [0.3, 0.4) is 0 Å². The first-order valence-corrected chi connectivity index (χ1v) is 9.08. The van der Waals surface area contributed by atoms with Crippen molar-refractivity contribution < 1.29 is 4.79 Å². The van der Waals surface area contributed by atoms with Crippen LogP contribution in [0.2, 0.25) is 0 Å². The van der Waals surface area contributed by atoms with Gasteiger partial charge in [0, 0.05) is 23.4 Å². The third kappa shape index (κ3) is 3.28. The number of aromatic nitrogens is 2. The van der Waals surface area contributed by atoms with E-state index in [9.17, 15) is 9.59 Å². The summed E-state index contributed by atoms with van der Waals surface area (Å²) in [5.74, 6) is -0.122. The van der Waals surface area contributed by atoms with Gasteiger partial charge < -0.3 is 4.90 Å². The highest BCUT2D eigenvalue weighted by atomic mass is 16.2. The number of benzene rings is 2. The van der Waals surface area contributed by atoms with Crippen molar-refractivity contribution in [1.29, 1.82) is 0 Å². The molecule has 1 aliphatic rings.